The number of rotatable bonds is 2. The number of nitrogens with two attached hydrogens (primary N) is 1. The lowest BCUT2D eigenvalue weighted by Gasteiger charge is -2.03. The van der Waals surface area contributed by atoms with Crippen molar-refractivity contribution in [3.05, 3.63) is 24.9 Å². The molecule has 0 aliphatic rings. The molecular weight excluding hydrogens is 220 g/mol. The number of hydrogen-bond donors (Lipinski definition) is 3. The third-order valence-electron chi connectivity index (χ3n) is 2.12. The highest BCUT2D eigenvalue weighted by Crippen LogP contribution is 2.16. The molecular formula is C9H8N8. The van der Waals surface area contributed by atoms with Gasteiger partial charge in [0.1, 0.15) is 5.52 Å². The summed E-state index contributed by atoms with van der Waals surface area (Å²) in [5, 5.41) is 2.90. The van der Waals surface area contributed by atoms with Crippen LogP contribution >= 0.6 is 0 Å². The highest BCUT2D eigenvalue weighted by molar-refractivity contribution is 5.82. The van der Waals surface area contributed by atoms with Crippen molar-refractivity contribution in [1.29, 1.82) is 0 Å². The van der Waals surface area contributed by atoms with Gasteiger partial charge in [0.25, 0.3) is 0 Å². The van der Waals surface area contributed by atoms with E-state index < -0.39 is 0 Å². The van der Waals surface area contributed by atoms with Crippen LogP contribution in [0.3, 0.4) is 0 Å². The number of anilines is 3. The maximum atomic E-state index is 5.76. The number of H-pyrrole nitrogens is 1. The Bertz CT molecular complexity index is 646. The van der Waals surface area contributed by atoms with Crippen LogP contribution in [0.4, 0.5) is 17.6 Å². The van der Waals surface area contributed by atoms with Gasteiger partial charge in [0.05, 0.1) is 12.5 Å². The van der Waals surface area contributed by atoms with E-state index in [2.05, 4.69) is 35.2 Å². The summed E-state index contributed by atoms with van der Waals surface area (Å²) >= 11 is 0. The minimum Gasteiger partial charge on any atom is -0.382 e. The second-order valence-corrected chi connectivity index (χ2v) is 3.25. The van der Waals surface area contributed by atoms with E-state index in [4.69, 9.17) is 5.73 Å². The molecule has 0 bridgehead atoms. The number of nitrogen functional groups attached to an aromatic ring is 1. The van der Waals surface area contributed by atoms with E-state index in [1.165, 1.54) is 6.33 Å². The Balaban J connectivity index is 2.01. The van der Waals surface area contributed by atoms with Gasteiger partial charge in [-0.3, -0.25) is 4.98 Å². The first-order valence-corrected chi connectivity index (χ1v) is 4.82. The molecule has 0 spiro atoms. The zero-order valence-corrected chi connectivity index (χ0v) is 8.62. The quantitative estimate of drug-likeness (QED) is 0.583. The number of aromatic amines is 1. The van der Waals surface area contributed by atoms with Gasteiger partial charge in [-0.2, -0.15) is 9.97 Å². The molecule has 3 aromatic heterocycles. The molecule has 84 valence electrons. The number of hydrogen-bond acceptors (Lipinski definition) is 7. The van der Waals surface area contributed by atoms with Crippen molar-refractivity contribution in [2.75, 3.05) is 11.1 Å². The molecule has 0 aromatic carbocycles. The number of nitrogens with zero attached hydrogens (tertiary/aromatic N) is 5. The predicted molar refractivity (Wildman–Crippen MR) is 61.4 cm³/mol. The van der Waals surface area contributed by atoms with Gasteiger partial charge in [-0.15, -0.1) is 0 Å². The predicted octanol–water partition coefficient (Wildman–Crippen LogP) is 0.469. The molecule has 3 heterocycles. The second kappa shape index (κ2) is 3.67. The topological polar surface area (TPSA) is 118 Å². The molecule has 4 N–H and O–H groups in total. The van der Waals surface area contributed by atoms with Gasteiger partial charge in [0.15, 0.2) is 17.3 Å². The minimum atomic E-state index is 0.332. The summed E-state index contributed by atoms with van der Waals surface area (Å²) in [7, 11) is 0. The highest BCUT2D eigenvalue weighted by atomic mass is 15.2. The Hall–Kier alpha value is -2.77. The maximum Gasteiger partial charge on any atom is 0.232 e. The van der Waals surface area contributed by atoms with E-state index in [9.17, 15) is 0 Å². The smallest absolute Gasteiger partial charge is 0.232 e. The van der Waals surface area contributed by atoms with Gasteiger partial charge in [-0.1, -0.05) is 0 Å². The average Bonchev–Trinajstić information content (AvgIpc) is 2.79. The van der Waals surface area contributed by atoms with E-state index in [1.807, 2.05) is 0 Å². The number of aromatic nitrogens is 6. The van der Waals surface area contributed by atoms with Gasteiger partial charge < -0.3 is 16.0 Å². The van der Waals surface area contributed by atoms with Crippen LogP contribution in [0.1, 0.15) is 0 Å². The zero-order valence-electron chi connectivity index (χ0n) is 8.62. The van der Waals surface area contributed by atoms with Crippen LogP contribution in [0.25, 0.3) is 11.2 Å². The summed E-state index contributed by atoms with van der Waals surface area (Å²) in [5.41, 5.74) is 6.88. The summed E-state index contributed by atoms with van der Waals surface area (Å²) in [6.45, 7) is 0. The molecule has 3 rings (SSSR count). The van der Waals surface area contributed by atoms with Crippen LogP contribution in [-0.4, -0.2) is 29.9 Å². The van der Waals surface area contributed by atoms with Crippen molar-refractivity contribution in [2.45, 2.75) is 0 Å². The van der Waals surface area contributed by atoms with E-state index in [1.54, 1.807) is 18.6 Å². The molecule has 0 saturated carbocycles. The molecule has 0 radical (unpaired) electrons. The summed E-state index contributed by atoms with van der Waals surface area (Å²) in [4.78, 5) is 23.1. The maximum absolute atomic E-state index is 5.76. The van der Waals surface area contributed by atoms with E-state index in [-0.39, 0.29) is 0 Å². The number of fused-ring (bicyclic) bond motifs is 1. The van der Waals surface area contributed by atoms with Gasteiger partial charge in [0.2, 0.25) is 5.95 Å². The van der Waals surface area contributed by atoms with Gasteiger partial charge in [-0.05, 0) is 0 Å². The minimum absolute atomic E-state index is 0.332. The Labute approximate surface area is 95.4 Å². The molecule has 8 heteroatoms. The van der Waals surface area contributed by atoms with Crippen molar-refractivity contribution in [3.8, 4) is 0 Å². The molecule has 17 heavy (non-hydrogen) atoms. The molecule has 0 atom stereocenters. The van der Waals surface area contributed by atoms with Crippen molar-refractivity contribution in [2.24, 2.45) is 0 Å². The van der Waals surface area contributed by atoms with Gasteiger partial charge in [-0.25, -0.2) is 9.97 Å². The third-order valence-corrected chi connectivity index (χ3v) is 2.12. The Morgan fingerprint density at radius 3 is 2.94 bits per heavy atom. The number of nitrogens with one attached hydrogen (secondary N) is 2. The van der Waals surface area contributed by atoms with Crippen LogP contribution in [0.5, 0.6) is 0 Å². The van der Waals surface area contributed by atoms with E-state index in [0.717, 1.165) is 0 Å². The highest BCUT2D eigenvalue weighted by Gasteiger charge is 2.07. The Morgan fingerprint density at radius 2 is 2.12 bits per heavy atom. The van der Waals surface area contributed by atoms with Crippen molar-refractivity contribution < 1.29 is 0 Å². The Kier molecular flexibility index (Phi) is 2.04. The summed E-state index contributed by atoms with van der Waals surface area (Å²) in [6.07, 6.45) is 6.23. The standard InChI is InChI=1S/C9H8N8/c10-7-6-8(14-4-13-6)17-9(16-7)15-5-3-11-1-2-12-5/h1-4H,(H4,10,12,13,14,15,16,17). The largest absolute Gasteiger partial charge is 0.382 e. The lowest BCUT2D eigenvalue weighted by molar-refractivity contribution is 1.15. The van der Waals surface area contributed by atoms with Crippen LogP contribution < -0.4 is 11.1 Å². The molecule has 0 fully saturated rings. The monoisotopic (exact) mass is 228 g/mol. The second-order valence-electron chi connectivity index (χ2n) is 3.25. The summed E-state index contributed by atoms with van der Waals surface area (Å²) in [5.74, 6) is 1.21. The van der Waals surface area contributed by atoms with Crippen molar-refractivity contribution in [1.82, 2.24) is 29.9 Å². The first kappa shape index (κ1) is 9.46. The molecule has 8 nitrogen and oxygen atoms in total. The van der Waals surface area contributed by atoms with Crippen LogP contribution in [0, 0.1) is 0 Å². The van der Waals surface area contributed by atoms with Crippen LogP contribution in [0.15, 0.2) is 24.9 Å². The molecule has 0 saturated heterocycles. The average molecular weight is 228 g/mol. The SMILES string of the molecule is Nc1nc(Nc2cnccn2)nc2nc[nH]c12. The third kappa shape index (κ3) is 1.71. The first-order valence-electron chi connectivity index (χ1n) is 4.82. The van der Waals surface area contributed by atoms with Gasteiger partial charge in [0, 0.05) is 12.4 Å². The zero-order chi connectivity index (χ0) is 11.7. The van der Waals surface area contributed by atoms with Crippen molar-refractivity contribution in [3.63, 3.8) is 0 Å². The normalized spacial score (nSPS) is 10.6. The molecule has 0 aliphatic heterocycles. The van der Waals surface area contributed by atoms with Crippen LogP contribution in [-0.2, 0) is 0 Å². The fourth-order valence-corrected chi connectivity index (χ4v) is 1.39. The molecule has 0 amide bonds. The van der Waals surface area contributed by atoms with Crippen molar-refractivity contribution >= 4 is 28.7 Å². The summed E-state index contributed by atoms with van der Waals surface area (Å²) in [6, 6.07) is 0. The lowest BCUT2D eigenvalue weighted by atomic mass is 10.5. The number of imidazole rings is 1. The molecule has 0 aliphatic carbocycles. The fraction of sp³-hybridized carbons (Fsp3) is 0. The fourth-order valence-electron chi connectivity index (χ4n) is 1.39. The molecule has 0 unspecified atom stereocenters. The van der Waals surface area contributed by atoms with Crippen LogP contribution in [0.2, 0.25) is 0 Å². The van der Waals surface area contributed by atoms with Gasteiger partial charge >= 0.3 is 0 Å². The molecule has 3 aromatic rings. The summed E-state index contributed by atoms with van der Waals surface area (Å²) < 4.78 is 0. The van der Waals surface area contributed by atoms with E-state index in [0.29, 0.717) is 28.7 Å². The Morgan fingerprint density at radius 1 is 1.18 bits per heavy atom. The van der Waals surface area contributed by atoms with E-state index >= 15 is 0 Å². The first-order chi connectivity index (χ1) is 8.33. The lowest BCUT2D eigenvalue weighted by Crippen LogP contribution is -2.02.